The fourth-order valence-corrected chi connectivity index (χ4v) is 9.01. The molecule has 3 aromatic carbocycles. The lowest BCUT2D eigenvalue weighted by molar-refractivity contribution is 0.0484. The Morgan fingerprint density at radius 1 is 1.12 bits per heavy atom. The molecule has 0 aliphatic carbocycles. The third-order valence-corrected chi connectivity index (χ3v) is 11.4. The molecule has 0 radical (unpaired) electrons. The number of nitrogens with zero attached hydrogens (tertiary/aromatic N) is 5. The van der Waals surface area contributed by atoms with Crippen molar-refractivity contribution < 1.29 is 27.4 Å². The van der Waals surface area contributed by atoms with Gasteiger partial charge in [0.05, 0.1) is 16.7 Å². The van der Waals surface area contributed by atoms with E-state index in [1.54, 1.807) is 38.4 Å². The number of benzene rings is 3. The normalized spacial score (nSPS) is 25.7. The van der Waals surface area contributed by atoms with Crippen LogP contribution in [0.5, 0.6) is 6.01 Å². The highest BCUT2D eigenvalue weighted by atomic mass is 19.1. The molecular formula is C39H41F3N6O3. The number of nitrogens with one attached hydrogen (secondary N) is 1. The molecule has 1 N–H and O–H groups in total. The highest BCUT2D eigenvalue weighted by Crippen LogP contribution is 2.44. The van der Waals surface area contributed by atoms with Gasteiger partial charge in [-0.15, -0.1) is 6.42 Å². The van der Waals surface area contributed by atoms with Crippen LogP contribution in [0.15, 0.2) is 36.4 Å². The van der Waals surface area contributed by atoms with Gasteiger partial charge in [-0.05, 0) is 75.1 Å². The standard InChI is InChI=1S/C39H41F3N6O3/c1-5-26-29(40)11-10-23-8-6-9-27(31(23)26)32-30(41)18-28-34(33(32)42)43-36(44-35(28)47-19-24-12-15-38(2,21-47)45-24)51-22-39-14-7-17-48(39)25(13-16-39)20-50-37(49)46(3)4/h1,6,8-11,18,24-25,45H,7,12-17,19-22H2,2-4H3/t24?,25?,38-,39?/m0/s1. The van der Waals surface area contributed by atoms with Crippen molar-refractivity contribution in [1.29, 1.82) is 0 Å². The largest absolute Gasteiger partial charge is 0.461 e. The van der Waals surface area contributed by atoms with Crippen molar-refractivity contribution in [2.45, 2.75) is 68.6 Å². The Kier molecular flexibility index (Phi) is 8.26. The van der Waals surface area contributed by atoms with E-state index in [-0.39, 0.29) is 81.5 Å². The van der Waals surface area contributed by atoms with E-state index in [9.17, 15) is 9.18 Å². The molecule has 266 valence electrons. The van der Waals surface area contributed by atoms with Crippen molar-refractivity contribution >= 4 is 33.6 Å². The number of amides is 1. The van der Waals surface area contributed by atoms with Gasteiger partial charge in [-0.3, -0.25) is 4.90 Å². The average molecular weight is 699 g/mol. The maximum atomic E-state index is 17.0. The van der Waals surface area contributed by atoms with Crippen LogP contribution in [0.25, 0.3) is 32.8 Å². The third-order valence-electron chi connectivity index (χ3n) is 11.4. The quantitative estimate of drug-likeness (QED) is 0.227. The Morgan fingerprint density at radius 3 is 2.75 bits per heavy atom. The van der Waals surface area contributed by atoms with Crippen molar-refractivity contribution in [3.8, 4) is 29.5 Å². The molecule has 2 bridgehead atoms. The van der Waals surface area contributed by atoms with E-state index >= 15 is 8.78 Å². The second kappa shape index (κ2) is 12.6. The number of halogens is 3. The van der Waals surface area contributed by atoms with E-state index in [0.717, 1.165) is 45.1 Å². The first-order chi connectivity index (χ1) is 24.5. The van der Waals surface area contributed by atoms with Gasteiger partial charge in [-0.1, -0.05) is 30.2 Å². The number of carbonyl (C=O) groups is 1. The van der Waals surface area contributed by atoms with Gasteiger partial charge in [0.15, 0.2) is 5.82 Å². The van der Waals surface area contributed by atoms with Gasteiger partial charge < -0.3 is 24.6 Å². The van der Waals surface area contributed by atoms with E-state index in [1.165, 1.54) is 17.0 Å². The van der Waals surface area contributed by atoms with E-state index in [1.807, 2.05) is 0 Å². The van der Waals surface area contributed by atoms with Crippen LogP contribution in [0.2, 0.25) is 0 Å². The number of hydrogen-bond donors (Lipinski definition) is 1. The molecule has 12 heteroatoms. The third kappa shape index (κ3) is 5.71. The molecule has 1 amide bonds. The first kappa shape index (κ1) is 33.5. The molecule has 9 nitrogen and oxygen atoms in total. The lowest BCUT2D eigenvalue weighted by atomic mass is 9.93. The van der Waals surface area contributed by atoms with Crippen LogP contribution in [0.3, 0.4) is 0 Å². The Morgan fingerprint density at radius 2 is 1.96 bits per heavy atom. The Hall–Kier alpha value is -4.60. The maximum absolute atomic E-state index is 17.0. The molecule has 3 unspecified atom stereocenters. The molecule has 8 rings (SSSR count). The number of rotatable bonds is 7. The second-order valence-electron chi connectivity index (χ2n) is 15.0. The summed E-state index contributed by atoms with van der Waals surface area (Å²) in [4.78, 5) is 27.5. The Labute approximate surface area is 295 Å². The predicted molar refractivity (Wildman–Crippen MR) is 189 cm³/mol. The number of hydrogen-bond acceptors (Lipinski definition) is 8. The molecule has 4 aromatic rings. The van der Waals surface area contributed by atoms with Crippen LogP contribution >= 0.6 is 0 Å². The lowest BCUT2D eigenvalue weighted by Gasteiger charge is -2.40. The van der Waals surface area contributed by atoms with Gasteiger partial charge in [0.2, 0.25) is 0 Å². The average Bonchev–Trinajstić information content (AvgIpc) is 3.76. The van der Waals surface area contributed by atoms with E-state index in [0.29, 0.717) is 24.3 Å². The number of aromatic nitrogens is 2. The van der Waals surface area contributed by atoms with Gasteiger partial charge in [-0.2, -0.15) is 9.97 Å². The fourth-order valence-electron chi connectivity index (χ4n) is 9.01. The predicted octanol–water partition coefficient (Wildman–Crippen LogP) is 6.25. The van der Waals surface area contributed by atoms with Crippen LogP contribution in [0.1, 0.15) is 51.0 Å². The van der Waals surface area contributed by atoms with Crippen LogP contribution in [-0.4, -0.2) is 96.0 Å². The zero-order chi connectivity index (χ0) is 35.7. The number of piperazine rings is 1. The SMILES string of the molecule is C#Cc1c(F)ccc2cccc(-c3c(F)cc4c(N5CC6CC[C@@](C)(C5)N6)nc(OCC56CCCN5C(COC(=O)N(C)C)CC6)nc4c3F)c12. The van der Waals surface area contributed by atoms with Gasteiger partial charge >= 0.3 is 12.1 Å². The van der Waals surface area contributed by atoms with Gasteiger partial charge in [0.1, 0.15) is 36.2 Å². The number of ether oxygens (including phenoxy) is 2. The molecule has 4 saturated heterocycles. The number of carbonyl (C=O) groups excluding carboxylic acids is 1. The highest BCUT2D eigenvalue weighted by molar-refractivity contribution is 6.03. The summed E-state index contributed by atoms with van der Waals surface area (Å²) in [7, 11) is 3.32. The first-order valence-electron chi connectivity index (χ1n) is 17.6. The summed E-state index contributed by atoms with van der Waals surface area (Å²) in [5.41, 5.74) is -0.830. The monoisotopic (exact) mass is 698 g/mol. The summed E-state index contributed by atoms with van der Waals surface area (Å²) in [6.45, 7) is 4.77. The zero-order valence-corrected chi connectivity index (χ0v) is 29.1. The molecule has 0 saturated carbocycles. The Balaban J connectivity index is 1.20. The van der Waals surface area contributed by atoms with Crippen LogP contribution in [0.4, 0.5) is 23.8 Å². The minimum atomic E-state index is -0.896. The van der Waals surface area contributed by atoms with Crippen molar-refractivity contribution in [3.05, 3.63) is 59.4 Å². The molecular weight excluding hydrogens is 657 g/mol. The minimum absolute atomic E-state index is 0.00183. The van der Waals surface area contributed by atoms with Crippen LogP contribution in [-0.2, 0) is 4.74 Å². The smallest absolute Gasteiger partial charge is 0.409 e. The summed E-state index contributed by atoms with van der Waals surface area (Å²) in [6, 6.07) is 9.30. The fraction of sp³-hybridized carbons (Fsp3) is 0.462. The number of fused-ring (bicyclic) bond motifs is 5. The first-order valence-corrected chi connectivity index (χ1v) is 17.6. The molecule has 1 aromatic heterocycles. The van der Waals surface area contributed by atoms with Crippen molar-refractivity contribution in [2.75, 3.05) is 51.8 Å². The van der Waals surface area contributed by atoms with Crippen molar-refractivity contribution in [2.24, 2.45) is 0 Å². The van der Waals surface area contributed by atoms with Crippen LogP contribution < -0.4 is 15.0 Å². The highest BCUT2D eigenvalue weighted by Gasteiger charge is 2.50. The van der Waals surface area contributed by atoms with Crippen LogP contribution in [0, 0.1) is 29.8 Å². The minimum Gasteiger partial charge on any atom is -0.461 e. The van der Waals surface area contributed by atoms with Gasteiger partial charge in [0, 0.05) is 55.6 Å². The number of terminal acetylenes is 1. The Bertz CT molecular complexity index is 2100. The maximum Gasteiger partial charge on any atom is 0.409 e. The summed E-state index contributed by atoms with van der Waals surface area (Å²) in [5.74, 6) is 0.420. The molecule has 4 fully saturated rings. The second-order valence-corrected chi connectivity index (χ2v) is 15.0. The molecule has 0 spiro atoms. The van der Waals surface area contributed by atoms with Gasteiger partial charge in [0.25, 0.3) is 0 Å². The molecule has 4 atom stereocenters. The van der Waals surface area contributed by atoms with E-state index in [2.05, 4.69) is 32.9 Å². The molecule has 4 aliphatic heterocycles. The summed E-state index contributed by atoms with van der Waals surface area (Å²) in [5, 5.41) is 4.72. The lowest BCUT2D eigenvalue weighted by Crippen LogP contribution is -2.58. The summed E-state index contributed by atoms with van der Waals surface area (Å²) >= 11 is 0. The van der Waals surface area contributed by atoms with E-state index in [4.69, 9.17) is 20.9 Å². The van der Waals surface area contributed by atoms with E-state index < -0.39 is 17.5 Å². The van der Waals surface area contributed by atoms with Crippen molar-refractivity contribution in [3.63, 3.8) is 0 Å². The van der Waals surface area contributed by atoms with Crippen molar-refractivity contribution in [1.82, 2.24) is 25.1 Å². The summed E-state index contributed by atoms with van der Waals surface area (Å²) in [6.07, 6.45) is 10.8. The van der Waals surface area contributed by atoms with Gasteiger partial charge in [-0.25, -0.2) is 18.0 Å². The molecule has 51 heavy (non-hydrogen) atoms. The number of anilines is 1. The zero-order valence-electron chi connectivity index (χ0n) is 29.1. The molecule has 5 heterocycles. The summed E-state index contributed by atoms with van der Waals surface area (Å²) < 4.78 is 60.3. The topological polar surface area (TPSA) is 83.1 Å². The molecule has 4 aliphatic rings.